The van der Waals surface area contributed by atoms with Gasteiger partial charge in [0.25, 0.3) is 10.0 Å². The van der Waals surface area contributed by atoms with Crippen LogP contribution in [0.4, 0.5) is 5.69 Å². The molecular weight excluding hydrogens is 750 g/mol. The van der Waals surface area contributed by atoms with Crippen LogP contribution in [-0.2, 0) is 32.6 Å². The van der Waals surface area contributed by atoms with Crippen molar-refractivity contribution in [2.24, 2.45) is 0 Å². The molecule has 1 N–H and O–H groups in total. The van der Waals surface area contributed by atoms with Crippen LogP contribution in [0.2, 0.25) is 0 Å². The molecule has 1 aliphatic carbocycles. The molecule has 0 radical (unpaired) electrons. The Balaban J connectivity index is 1.64. The van der Waals surface area contributed by atoms with E-state index in [0.29, 0.717) is 11.5 Å². The Bertz CT molecular complexity index is 1950. The zero-order valence-electron chi connectivity index (χ0n) is 29.7. The lowest BCUT2D eigenvalue weighted by Crippen LogP contribution is -2.54. The minimum atomic E-state index is -4.49. The molecule has 0 spiro atoms. The highest BCUT2D eigenvalue weighted by Gasteiger charge is 2.37. The minimum absolute atomic E-state index is 0.00318. The van der Waals surface area contributed by atoms with Crippen LogP contribution in [0.5, 0.6) is 23.0 Å². The second-order valence-corrected chi connectivity index (χ2v) is 15.2. The van der Waals surface area contributed by atoms with Gasteiger partial charge in [-0.15, -0.1) is 0 Å². The quantitative estimate of drug-likeness (QED) is 0.139. The Labute approximate surface area is 314 Å². The molecule has 52 heavy (non-hydrogen) atoms. The fraction of sp³-hybridized carbons (Fsp3) is 0.333. The number of hydrogen-bond donors (Lipinski definition) is 1. The summed E-state index contributed by atoms with van der Waals surface area (Å²) in [6.07, 6.45) is 3.96. The summed E-state index contributed by atoms with van der Waals surface area (Å²) in [5.74, 6) is 0.162. The topological polar surface area (TPSA) is 124 Å². The molecule has 0 aliphatic heterocycles. The van der Waals surface area contributed by atoms with Crippen LogP contribution in [0.1, 0.15) is 36.8 Å². The highest BCUT2D eigenvalue weighted by atomic mass is 79.9. The monoisotopic (exact) mass is 793 g/mol. The summed E-state index contributed by atoms with van der Waals surface area (Å²) < 4.78 is 53.1. The Morgan fingerprint density at radius 1 is 0.788 bits per heavy atom. The maximum Gasteiger partial charge on any atom is 0.265 e. The molecule has 5 rings (SSSR count). The molecule has 0 unspecified atom stereocenters. The first-order valence-electron chi connectivity index (χ1n) is 16.9. The Morgan fingerprint density at radius 3 is 2.12 bits per heavy atom. The summed E-state index contributed by atoms with van der Waals surface area (Å²) in [5, 5.41) is 3.19. The van der Waals surface area contributed by atoms with Gasteiger partial charge in [-0.1, -0.05) is 71.2 Å². The van der Waals surface area contributed by atoms with Gasteiger partial charge in [0.05, 0.1) is 39.0 Å². The first kappa shape index (κ1) is 38.5. The zero-order chi connectivity index (χ0) is 37.3. The number of methoxy groups -OCH3 is 4. The molecular formula is C39H44BrN3O8S. The van der Waals surface area contributed by atoms with E-state index in [1.54, 1.807) is 12.1 Å². The number of nitrogens with one attached hydrogen (secondary N) is 1. The van der Waals surface area contributed by atoms with Gasteiger partial charge in [-0.2, -0.15) is 0 Å². The number of sulfonamides is 1. The van der Waals surface area contributed by atoms with Gasteiger partial charge < -0.3 is 29.2 Å². The van der Waals surface area contributed by atoms with Crippen molar-refractivity contribution in [2.75, 3.05) is 39.3 Å². The van der Waals surface area contributed by atoms with Crippen LogP contribution in [0.3, 0.4) is 0 Å². The van der Waals surface area contributed by atoms with E-state index in [0.717, 1.165) is 45.6 Å². The SMILES string of the molecule is COc1ccc(OC)c(N(CC(=O)N(Cc2cccc(Br)c2)[C@H](Cc2ccccc2)C(=O)NC2CCCC2)S(=O)(=O)c2ccc(OC)c(OC)c2)c1. The molecule has 13 heteroatoms. The molecule has 4 aromatic carbocycles. The lowest BCUT2D eigenvalue weighted by Gasteiger charge is -2.34. The smallest absolute Gasteiger partial charge is 0.265 e. The molecule has 0 aromatic heterocycles. The summed E-state index contributed by atoms with van der Waals surface area (Å²) >= 11 is 3.53. The third kappa shape index (κ3) is 9.18. The average molecular weight is 795 g/mol. The maximum atomic E-state index is 15.0. The van der Waals surface area contributed by atoms with Crippen molar-refractivity contribution < 1.29 is 37.0 Å². The number of rotatable bonds is 16. The van der Waals surface area contributed by atoms with Crippen molar-refractivity contribution in [3.8, 4) is 23.0 Å². The van der Waals surface area contributed by atoms with Crippen molar-refractivity contribution in [3.05, 3.63) is 107 Å². The largest absolute Gasteiger partial charge is 0.497 e. The Hall–Kier alpha value is -4.75. The van der Waals surface area contributed by atoms with Gasteiger partial charge in [-0.3, -0.25) is 13.9 Å². The number of ether oxygens (including phenoxy) is 4. The summed E-state index contributed by atoms with van der Waals surface area (Å²) in [4.78, 5) is 30.6. The second kappa shape index (κ2) is 17.6. The van der Waals surface area contributed by atoms with Crippen LogP contribution < -0.4 is 28.6 Å². The van der Waals surface area contributed by atoms with Crippen molar-refractivity contribution in [1.29, 1.82) is 0 Å². The summed E-state index contributed by atoms with van der Waals surface area (Å²) in [6, 6.07) is 24.9. The van der Waals surface area contributed by atoms with E-state index in [4.69, 9.17) is 18.9 Å². The van der Waals surface area contributed by atoms with Gasteiger partial charge in [0.15, 0.2) is 11.5 Å². The van der Waals surface area contributed by atoms with E-state index >= 15 is 0 Å². The van der Waals surface area contributed by atoms with Crippen LogP contribution in [0.15, 0.2) is 100 Å². The predicted molar refractivity (Wildman–Crippen MR) is 203 cm³/mol. The lowest BCUT2D eigenvalue weighted by molar-refractivity contribution is -0.140. The van der Waals surface area contributed by atoms with Gasteiger partial charge in [0, 0.05) is 35.6 Å². The van der Waals surface area contributed by atoms with Gasteiger partial charge in [-0.05, 0) is 60.4 Å². The molecule has 2 amide bonds. The van der Waals surface area contributed by atoms with Crippen molar-refractivity contribution >= 4 is 43.5 Å². The number of benzene rings is 4. The van der Waals surface area contributed by atoms with Gasteiger partial charge in [0.1, 0.15) is 24.1 Å². The average Bonchev–Trinajstić information content (AvgIpc) is 3.67. The van der Waals surface area contributed by atoms with Crippen molar-refractivity contribution in [3.63, 3.8) is 0 Å². The highest BCUT2D eigenvalue weighted by molar-refractivity contribution is 9.10. The van der Waals surface area contributed by atoms with Crippen LogP contribution in [-0.4, -0.2) is 72.2 Å². The number of nitrogens with zero attached hydrogens (tertiary/aromatic N) is 2. The first-order valence-corrected chi connectivity index (χ1v) is 19.2. The molecule has 0 saturated heterocycles. The van der Waals surface area contributed by atoms with E-state index in [9.17, 15) is 18.0 Å². The fourth-order valence-corrected chi connectivity index (χ4v) is 8.24. The van der Waals surface area contributed by atoms with Gasteiger partial charge in [0.2, 0.25) is 11.8 Å². The van der Waals surface area contributed by atoms with E-state index in [2.05, 4.69) is 21.2 Å². The highest BCUT2D eigenvalue weighted by Crippen LogP contribution is 2.38. The second-order valence-electron chi connectivity index (χ2n) is 12.4. The predicted octanol–water partition coefficient (Wildman–Crippen LogP) is 6.38. The van der Waals surface area contributed by atoms with Crippen LogP contribution in [0, 0.1) is 0 Å². The Morgan fingerprint density at radius 2 is 1.46 bits per heavy atom. The zero-order valence-corrected chi connectivity index (χ0v) is 32.1. The lowest BCUT2D eigenvalue weighted by atomic mass is 10.0. The molecule has 1 saturated carbocycles. The van der Waals surface area contributed by atoms with Gasteiger partial charge >= 0.3 is 0 Å². The number of halogens is 1. The number of carbonyl (C=O) groups excluding carboxylic acids is 2. The van der Waals surface area contributed by atoms with Crippen molar-refractivity contribution in [2.45, 2.75) is 55.6 Å². The molecule has 0 bridgehead atoms. The number of carbonyl (C=O) groups is 2. The number of amides is 2. The van der Waals surface area contributed by atoms with Gasteiger partial charge in [-0.25, -0.2) is 8.42 Å². The van der Waals surface area contributed by atoms with E-state index < -0.39 is 28.5 Å². The number of anilines is 1. The normalized spacial score (nSPS) is 13.6. The number of hydrogen-bond acceptors (Lipinski definition) is 8. The molecule has 1 aliphatic rings. The Kier molecular flexibility index (Phi) is 13.1. The molecule has 1 atom stereocenters. The fourth-order valence-electron chi connectivity index (χ4n) is 6.36. The third-order valence-electron chi connectivity index (χ3n) is 9.09. The molecule has 4 aromatic rings. The summed E-state index contributed by atoms with van der Waals surface area (Å²) in [5.41, 5.74) is 1.68. The van der Waals surface area contributed by atoms with Crippen molar-refractivity contribution in [1.82, 2.24) is 10.2 Å². The molecule has 276 valence electrons. The summed E-state index contributed by atoms with van der Waals surface area (Å²) in [6.45, 7) is -0.635. The maximum absolute atomic E-state index is 15.0. The minimum Gasteiger partial charge on any atom is -0.497 e. The van der Waals surface area contributed by atoms with Crippen LogP contribution in [0.25, 0.3) is 0 Å². The molecule has 1 fully saturated rings. The standard InChI is InChI=1S/C39H44BrN3O8S/c1-48-31-17-19-35(49-2)33(23-31)43(52(46,47)32-18-20-36(50-3)37(24-32)51-4)26-38(44)42(25-28-13-10-14-29(40)21-28)34(22-27-11-6-5-7-12-27)39(45)41-30-15-8-9-16-30/h5-7,10-14,17-21,23-24,30,34H,8-9,15-16,22,25-26H2,1-4H3,(H,41,45)/t34-/m1/s1. The third-order valence-corrected chi connectivity index (χ3v) is 11.3. The van der Waals surface area contributed by atoms with E-state index in [1.165, 1.54) is 57.6 Å². The van der Waals surface area contributed by atoms with E-state index in [-0.39, 0.29) is 47.0 Å². The van der Waals surface area contributed by atoms with Crippen LogP contribution >= 0.6 is 15.9 Å². The first-order chi connectivity index (χ1) is 25.1. The molecule has 0 heterocycles. The molecule has 11 nitrogen and oxygen atoms in total. The van der Waals surface area contributed by atoms with E-state index in [1.807, 2.05) is 54.6 Å². The summed E-state index contributed by atoms with van der Waals surface area (Å²) in [7, 11) is 1.24.